The van der Waals surface area contributed by atoms with Gasteiger partial charge in [-0.15, -0.1) is 0 Å². The minimum atomic E-state index is -0.568. The number of hydrogen-bond acceptors (Lipinski definition) is 3. The van der Waals surface area contributed by atoms with Gasteiger partial charge in [-0.25, -0.2) is 4.79 Å². The van der Waals surface area contributed by atoms with Crippen LogP contribution >= 0.6 is 0 Å². The minimum absolute atomic E-state index is 0.0444. The number of ether oxygens (including phenoxy) is 1. The lowest BCUT2D eigenvalue weighted by atomic mass is 10.1. The van der Waals surface area contributed by atoms with Gasteiger partial charge in [-0.3, -0.25) is 4.79 Å². The van der Waals surface area contributed by atoms with E-state index in [1.165, 1.54) is 0 Å². The van der Waals surface area contributed by atoms with Crippen LogP contribution in [-0.2, 0) is 16.0 Å². The molecule has 0 spiro atoms. The number of Topliss-reactive ketones (excluding diaryl/α,β-unsaturated/α-hetero) is 1. The maximum Gasteiger partial charge on any atom is 0.408 e. The van der Waals surface area contributed by atoms with Crippen molar-refractivity contribution >= 4 is 11.9 Å². The van der Waals surface area contributed by atoms with E-state index in [4.69, 9.17) is 4.74 Å². The van der Waals surface area contributed by atoms with E-state index in [-0.39, 0.29) is 5.78 Å². The number of rotatable bonds is 4. The molecule has 1 amide bonds. The van der Waals surface area contributed by atoms with E-state index in [1.807, 2.05) is 30.3 Å². The number of nitrogens with one attached hydrogen (secondary N) is 1. The molecule has 104 valence electrons. The Bertz CT molecular complexity index is 434. The molecular weight excluding hydrogens is 242 g/mol. The first-order chi connectivity index (χ1) is 8.78. The van der Waals surface area contributed by atoms with Crippen LogP contribution in [-0.4, -0.2) is 23.5 Å². The van der Waals surface area contributed by atoms with E-state index >= 15 is 0 Å². The topological polar surface area (TPSA) is 55.4 Å². The number of amides is 1. The van der Waals surface area contributed by atoms with Gasteiger partial charge in [0.1, 0.15) is 5.60 Å². The van der Waals surface area contributed by atoms with E-state index in [9.17, 15) is 9.59 Å². The Morgan fingerprint density at radius 3 is 2.32 bits per heavy atom. The second kappa shape index (κ2) is 6.36. The quantitative estimate of drug-likeness (QED) is 0.908. The third-order valence-electron chi connectivity index (χ3n) is 2.44. The van der Waals surface area contributed by atoms with Crippen molar-refractivity contribution in [3.05, 3.63) is 35.9 Å². The minimum Gasteiger partial charge on any atom is -0.444 e. The predicted molar refractivity (Wildman–Crippen MR) is 74.0 cm³/mol. The van der Waals surface area contributed by atoms with Crippen LogP contribution in [0.15, 0.2) is 30.3 Å². The van der Waals surface area contributed by atoms with Crippen LogP contribution in [0.1, 0.15) is 33.3 Å². The van der Waals surface area contributed by atoms with Crippen molar-refractivity contribution in [1.29, 1.82) is 0 Å². The molecule has 0 saturated heterocycles. The maximum absolute atomic E-state index is 11.9. The van der Waals surface area contributed by atoms with Crippen molar-refractivity contribution in [2.45, 2.75) is 45.8 Å². The Kier molecular flexibility index (Phi) is 5.10. The van der Waals surface area contributed by atoms with Gasteiger partial charge in [-0.2, -0.15) is 0 Å². The molecule has 4 nitrogen and oxygen atoms in total. The first-order valence-electron chi connectivity index (χ1n) is 6.34. The van der Waals surface area contributed by atoms with Gasteiger partial charge >= 0.3 is 6.09 Å². The summed E-state index contributed by atoms with van der Waals surface area (Å²) in [6.07, 6.45) is -0.265. The summed E-state index contributed by atoms with van der Waals surface area (Å²) in [5.41, 5.74) is 0.372. The van der Waals surface area contributed by atoms with Crippen LogP contribution in [0.3, 0.4) is 0 Å². The van der Waals surface area contributed by atoms with Crippen LogP contribution < -0.4 is 5.32 Å². The highest BCUT2D eigenvalue weighted by molar-refractivity contribution is 5.88. The summed E-state index contributed by atoms with van der Waals surface area (Å²) in [5, 5.41) is 2.55. The Morgan fingerprint density at radius 1 is 1.21 bits per heavy atom. The molecule has 1 aromatic rings. The summed E-state index contributed by atoms with van der Waals surface area (Å²) in [4.78, 5) is 23.5. The molecule has 4 heteroatoms. The summed E-state index contributed by atoms with van der Waals surface area (Å²) in [6, 6.07) is 8.88. The zero-order chi connectivity index (χ0) is 14.5. The third-order valence-corrected chi connectivity index (χ3v) is 2.44. The lowest BCUT2D eigenvalue weighted by molar-refractivity contribution is -0.120. The van der Waals surface area contributed by atoms with Crippen LogP contribution in [0.2, 0.25) is 0 Å². The smallest absolute Gasteiger partial charge is 0.408 e. The molecule has 0 bridgehead atoms. The Morgan fingerprint density at radius 2 is 1.79 bits per heavy atom. The van der Waals surface area contributed by atoms with E-state index in [1.54, 1.807) is 27.7 Å². The second-order valence-corrected chi connectivity index (χ2v) is 5.50. The number of ketones is 1. The number of carbonyl (C=O) groups excluding carboxylic acids is 2. The third kappa shape index (κ3) is 6.04. The van der Waals surface area contributed by atoms with E-state index in [0.717, 1.165) is 5.56 Å². The predicted octanol–water partition coefficient (Wildman–Crippen LogP) is 2.71. The zero-order valence-corrected chi connectivity index (χ0v) is 11.9. The van der Waals surface area contributed by atoms with Gasteiger partial charge in [0.25, 0.3) is 0 Å². The van der Waals surface area contributed by atoms with Gasteiger partial charge < -0.3 is 10.1 Å². The van der Waals surface area contributed by atoms with Crippen molar-refractivity contribution in [3.8, 4) is 0 Å². The fourth-order valence-corrected chi connectivity index (χ4v) is 1.51. The molecule has 0 fully saturated rings. The Balaban J connectivity index is 2.47. The molecule has 0 saturated carbocycles. The van der Waals surface area contributed by atoms with Gasteiger partial charge in [-0.05, 0) is 33.3 Å². The number of benzene rings is 1. The molecule has 0 radical (unpaired) electrons. The molecule has 0 aliphatic heterocycles. The van der Waals surface area contributed by atoms with Crippen LogP contribution in [0.5, 0.6) is 0 Å². The molecule has 0 aliphatic rings. The summed E-state index contributed by atoms with van der Waals surface area (Å²) in [5.74, 6) is -0.0444. The largest absolute Gasteiger partial charge is 0.444 e. The van der Waals surface area contributed by atoms with Gasteiger partial charge in [-0.1, -0.05) is 30.3 Å². The zero-order valence-electron chi connectivity index (χ0n) is 11.9. The Hall–Kier alpha value is -1.84. The first-order valence-corrected chi connectivity index (χ1v) is 6.34. The normalized spacial score (nSPS) is 12.6. The van der Waals surface area contributed by atoms with E-state index in [0.29, 0.717) is 6.42 Å². The summed E-state index contributed by atoms with van der Waals surface area (Å²) < 4.78 is 5.11. The maximum atomic E-state index is 11.9. The average Bonchev–Trinajstić information content (AvgIpc) is 2.27. The molecule has 1 N–H and O–H groups in total. The van der Waals surface area contributed by atoms with Crippen LogP contribution in [0.25, 0.3) is 0 Å². The molecule has 1 rings (SSSR count). The highest BCUT2D eigenvalue weighted by Crippen LogP contribution is 2.07. The van der Waals surface area contributed by atoms with Gasteiger partial charge in [0, 0.05) is 6.42 Å². The van der Waals surface area contributed by atoms with Crippen molar-refractivity contribution in [2.24, 2.45) is 0 Å². The number of carbonyl (C=O) groups is 2. The van der Waals surface area contributed by atoms with E-state index in [2.05, 4.69) is 5.32 Å². The van der Waals surface area contributed by atoms with Gasteiger partial charge in [0.2, 0.25) is 0 Å². The number of alkyl carbamates (subject to hydrolysis) is 1. The lowest BCUT2D eigenvalue weighted by Gasteiger charge is -2.21. The second-order valence-electron chi connectivity index (χ2n) is 5.50. The highest BCUT2D eigenvalue weighted by atomic mass is 16.6. The van der Waals surface area contributed by atoms with Crippen molar-refractivity contribution < 1.29 is 14.3 Å². The van der Waals surface area contributed by atoms with Crippen molar-refractivity contribution in [2.75, 3.05) is 0 Å². The monoisotopic (exact) mass is 263 g/mol. The van der Waals surface area contributed by atoms with Gasteiger partial charge in [0.05, 0.1) is 6.04 Å². The fourth-order valence-electron chi connectivity index (χ4n) is 1.51. The van der Waals surface area contributed by atoms with Crippen molar-refractivity contribution in [1.82, 2.24) is 5.32 Å². The molecule has 19 heavy (non-hydrogen) atoms. The average molecular weight is 263 g/mol. The molecular formula is C15H21NO3. The van der Waals surface area contributed by atoms with E-state index < -0.39 is 17.7 Å². The molecule has 0 heterocycles. The lowest BCUT2D eigenvalue weighted by Crippen LogP contribution is -2.42. The summed E-state index contributed by atoms with van der Waals surface area (Å²) in [6.45, 7) is 7.00. The summed E-state index contributed by atoms with van der Waals surface area (Å²) in [7, 11) is 0. The summed E-state index contributed by atoms with van der Waals surface area (Å²) >= 11 is 0. The molecule has 0 unspecified atom stereocenters. The molecule has 1 atom stereocenters. The molecule has 1 aromatic carbocycles. The molecule has 0 aromatic heterocycles. The van der Waals surface area contributed by atoms with Crippen molar-refractivity contribution in [3.63, 3.8) is 0 Å². The fraction of sp³-hybridized carbons (Fsp3) is 0.467. The Labute approximate surface area is 114 Å². The van der Waals surface area contributed by atoms with Crippen LogP contribution in [0, 0.1) is 0 Å². The SMILES string of the molecule is C[C@@H](NC(=O)OC(C)(C)C)C(=O)Cc1ccccc1. The molecule has 0 aliphatic carbocycles. The highest BCUT2D eigenvalue weighted by Gasteiger charge is 2.20. The number of hydrogen-bond donors (Lipinski definition) is 1. The first kappa shape index (κ1) is 15.2. The van der Waals surface area contributed by atoms with Gasteiger partial charge in [0.15, 0.2) is 5.78 Å². The standard InChI is InChI=1S/C15H21NO3/c1-11(16-14(18)19-15(2,3)4)13(17)10-12-8-6-5-7-9-12/h5-9,11H,10H2,1-4H3,(H,16,18)/t11-/m1/s1. The van der Waals surface area contributed by atoms with Crippen LogP contribution in [0.4, 0.5) is 4.79 Å².